The number of hydrogen-bond donors (Lipinski definition) is 0. The van der Waals surface area contributed by atoms with Crippen molar-refractivity contribution in [3.63, 3.8) is 0 Å². The van der Waals surface area contributed by atoms with Crippen LogP contribution in [0.15, 0.2) is 60.2 Å². The van der Waals surface area contributed by atoms with Gasteiger partial charge in [0.05, 0.1) is 0 Å². The Balaban J connectivity index is 1.36. The molecule has 2 aromatic rings. The number of carbonyl (C=O) groups excluding carboxylic acids is 2. The second kappa shape index (κ2) is 9.38. The number of likely N-dealkylation sites (tertiary alicyclic amines) is 1. The fraction of sp³-hybridized carbons (Fsp3) is 0.385. The molecular weight excluding hydrogens is 388 g/mol. The Morgan fingerprint density at radius 1 is 1.03 bits per heavy atom. The molecule has 1 saturated heterocycles. The van der Waals surface area contributed by atoms with E-state index in [1.807, 2.05) is 72.2 Å². The molecule has 0 aliphatic carbocycles. The lowest BCUT2D eigenvalue weighted by molar-refractivity contribution is -0.119. The monoisotopic (exact) mass is 418 g/mol. The van der Waals surface area contributed by atoms with E-state index in [0.717, 1.165) is 30.7 Å². The Labute approximate surface area is 184 Å². The average molecular weight is 419 g/mol. The molecule has 162 valence electrons. The number of benzene rings is 2. The number of piperidine rings is 1. The van der Waals surface area contributed by atoms with Crippen LogP contribution in [0, 0.1) is 0 Å². The molecule has 2 aliphatic heterocycles. The predicted octanol–water partition coefficient (Wildman–Crippen LogP) is 4.62. The molecule has 0 N–H and O–H groups in total. The Kier molecular flexibility index (Phi) is 6.40. The largest absolute Gasteiger partial charge is 0.490 e. The molecule has 0 radical (unpaired) electrons. The van der Waals surface area contributed by atoms with E-state index in [0.29, 0.717) is 31.7 Å². The molecule has 2 aliphatic rings. The maximum absolute atomic E-state index is 13.0. The van der Waals surface area contributed by atoms with Crippen molar-refractivity contribution in [1.29, 1.82) is 0 Å². The van der Waals surface area contributed by atoms with E-state index < -0.39 is 0 Å². The maximum atomic E-state index is 13.0. The number of fused-ring (bicyclic) bond motifs is 1. The summed E-state index contributed by atoms with van der Waals surface area (Å²) in [6, 6.07) is 15.7. The molecule has 2 amide bonds. The highest BCUT2D eigenvalue weighted by Gasteiger charge is 2.33. The van der Waals surface area contributed by atoms with E-state index in [-0.39, 0.29) is 17.9 Å². The van der Waals surface area contributed by atoms with Crippen LogP contribution in [0.5, 0.6) is 5.75 Å². The zero-order valence-electron chi connectivity index (χ0n) is 18.3. The number of carbonyl (C=O) groups is 2. The Bertz CT molecular complexity index is 968. The van der Waals surface area contributed by atoms with Gasteiger partial charge < -0.3 is 14.5 Å². The summed E-state index contributed by atoms with van der Waals surface area (Å²) < 4.78 is 5.68. The lowest BCUT2D eigenvalue weighted by Gasteiger charge is -2.41. The van der Waals surface area contributed by atoms with Crippen LogP contribution in [0.3, 0.4) is 0 Å². The van der Waals surface area contributed by atoms with Crippen molar-refractivity contribution in [1.82, 2.24) is 4.90 Å². The van der Waals surface area contributed by atoms with Crippen molar-refractivity contribution in [2.75, 3.05) is 24.6 Å². The lowest BCUT2D eigenvalue weighted by Crippen LogP contribution is -2.50. The third-order valence-corrected chi connectivity index (χ3v) is 6.09. The normalized spacial score (nSPS) is 16.6. The molecule has 2 heterocycles. The summed E-state index contributed by atoms with van der Waals surface area (Å²) in [6.07, 6.45) is 5.01. The van der Waals surface area contributed by atoms with Crippen LogP contribution < -0.4 is 9.64 Å². The van der Waals surface area contributed by atoms with E-state index in [9.17, 15) is 9.59 Å². The first-order chi connectivity index (χ1) is 15.0. The molecule has 1 fully saturated rings. The minimum atomic E-state index is 0.0414. The third-order valence-electron chi connectivity index (χ3n) is 6.09. The Morgan fingerprint density at radius 3 is 2.45 bits per heavy atom. The number of nitrogens with zero attached hydrogens (tertiary/aromatic N) is 2. The molecule has 0 bridgehead atoms. The van der Waals surface area contributed by atoms with Crippen molar-refractivity contribution >= 4 is 17.5 Å². The fourth-order valence-corrected chi connectivity index (χ4v) is 4.36. The molecule has 2 aromatic carbocycles. The summed E-state index contributed by atoms with van der Waals surface area (Å²) in [4.78, 5) is 29.5. The first-order valence-corrected chi connectivity index (χ1v) is 11.1. The van der Waals surface area contributed by atoms with Gasteiger partial charge in [-0.15, -0.1) is 0 Å². The van der Waals surface area contributed by atoms with Crippen LogP contribution in [-0.2, 0) is 11.2 Å². The number of amides is 2. The molecule has 5 heteroatoms. The van der Waals surface area contributed by atoms with Crippen LogP contribution in [0.1, 0.15) is 49.0 Å². The molecular formula is C26H30N2O3. The average Bonchev–Trinajstić information content (AvgIpc) is 2.79. The second-order valence-electron chi connectivity index (χ2n) is 8.53. The van der Waals surface area contributed by atoms with E-state index in [1.54, 1.807) is 0 Å². The molecule has 0 spiro atoms. The number of aryl methyl sites for hydroxylation is 1. The third kappa shape index (κ3) is 4.82. The van der Waals surface area contributed by atoms with E-state index in [4.69, 9.17) is 4.74 Å². The first kappa shape index (κ1) is 21.2. The van der Waals surface area contributed by atoms with Gasteiger partial charge in [0.1, 0.15) is 12.4 Å². The lowest BCUT2D eigenvalue weighted by atomic mass is 9.95. The number of rotatable bonds is 5. The standard InChI is InChI=1S/C26H30N2O3/c1-19(2)15-18-31-23-10-7-21(8-11-23)26(30)27-16-13-22(14-17-27)28-24-6-4-3-5-20(24)9-12-25(28)29/h3-8,10-11,15,22H,9,12-14,16-18H2,1-2H3. The maximum Gasteiger partial charge on any atom is 0.253 e. The summed E-state index contributed by atoms with van der Waals surface area (Å²) >= 11 is 0. The molecule has 31 heavy (non-hydrogen) atoms. The van der Waals surface area contributed by atoms with Crippen molar-refractivity contribution in [2.45, 2.75) is 45.6 Å². The zero-order chi connectivity index (χ0) is 21.8. The van der Waals surface area contributed by atoms with Gasteiger partial charge in [-0.1, -0.05) is 23.8 Å². The predicted molar refractivity (Wildman–Crippen MR) is 123 cm³/mol. The Morgan fingerprint density at radius 2 is 1.74 bits per heavy atom. The van der Waals surface area contributed by atoms with Crippen LogP contribution in [-0.4, -0.2) is 42.5 Å². The van der Waals surface area contributed by atoms with Gasteiger partial charge >= 0.3 is 0 Å². The summed E-state index contributed by atoms with van der Waals surface area (Å²) in [5.41, 5.74) is 4.18. The van der Waals surface area contributed by atoms with E-state index in [2.05, 4.69) is 6.07 Å². The van der Waals surface area contributed by atoms with Crippen LogP contribution >= 0.6 is 0 Å². The number of ether oxygens (including phenoxy) is 1. The highest BCUT2D eigenvalue weighted by molar-refractivity contribution is 5.97. The van der Waals surface area contributed by atoms with Crippen molar-refractivity contribution in [2.24, 2.45) is 0 Å². The van der Waals surface area contributed by atoms with Crippen molar-refractivity contribution < 1.29 is 14.3 Å². The molecule has 4 rings (SSSR count). The number of allylic oxidation sites excluding steroid dienone is 1. The van der Waals surface area contributed by atoms with E-state index >= 15 is 0 Å². The van der Waals surface area contributed by atoms with Gasteiger partial charge in [-0.2, -0.15) is 0 Å². The zero-order valence-corrected chi connectivity index (χ0v) is 18.3. The fourth-order valence-electron chi connectivity index (χ4n) is 4.36. The number of anilines is 1. The highest BCUT2D eigenvalue weighted by atomic mass is 16.5. The molecule has 0 saturated carbocycles. The quantitative estimate of drug-likeness (QED) is 0.666. The van der Waals surface area contributed by atoms with Gasteiger partial charge in [0.15, 0.2) is 0 Å². The van der Waals surface area contributed by atoms with Crippen LogP contribution in [0.25, 0.3) is 0 Å². The minimum absolute atomic E-state index is 0.0414. The highest BCUT2D eigenvalue weighted by Crippen LogP contribution is 2.32. The SMILES string of the molecule is CC(C)=CCOc1ccc(C(=O)N2CCC(N3C(=O)CCc4ccccc43)CC2)cc1. The van der Waals surface area contributed by atoms with E-state index in [1.165, 1.54) is 11.1 Å². The van der Waals surface area contributed by atoms with Gasteiger partial charge in [-0.25, -0.2) is 0 Å². The molecule has 5 nitrogen and oxygen atoms in total. The van der Waals surface area contributed by atoms with Crippen molar-refractivity contribution in [3.8, 4) is 5.75 Å². The summed E-state index contributed by atoms with van der Waals surface area (Å²) in [7, 11) is 0. The topological polar surface area (TPSA) is 49.9 Å². The van der Waals surface area contributed by atoms with Crippen LogP contribution in [0.4, 0.5) is 5.69 Å². The van der Waals surface area contributed by atoms with Gasteiger partial charge in [-0.05, 0) is 75.1 Å². The first-order valence-electron chi connectivity index (χ1n) is 11.1. The summed E-state index contributed by atoms with van der Waals surface area (Å²) in [5.74, 6) is 1.00. The van der Waals surface area contributed by atoms with Gasteiger partial charge in [0.2, 0.25) is 5.91 Å². The number of hydrogen-bond acceptors (Lipinski definition) is 3. The smallest absolute Gasteiger partial charge is 0.253 e. The Hall–Kier alpha value is -3.08. The van der Waals surface area contributed by atoms with Gasteiger partial charge in [0.25, 0.3) is 5.91 Å². The second-order valence-corrected chi connectivity index (χ2v) is 8.53. The molecule has 0 unspecified atom stereocenters. The minimum Gasteiger partial charge on any atom is -0.490 e. The number of para-hydroxylation sites is 1. The van der Waals surface area contributed by atoms with Crippen molar-refractivity contribution in [3.05, 3.63) is 71.3 Å². The molecule has 0 atom stereocenters. The summed E-state index contributed by atoms with van der Waals surface area (Å²) in [5, 5.41) is 0. The van der Waals surface area contributed by atoms with Gasteiger partial charge in [0, 0.05) is 36.8 Å². The summed E-state index contributed by atoms with van der Waals surface area (Å²) in [6.45, 7) is 5.92. The van der Waals surface area contributed by atoms with Crippen LogP contribution in [0.2, 0.25) is 0 Å². The van der Waals surface area contributed by atoms with Gasteiger partial charge in [-0.3, -0.25) is 9.59 Å². The molecule has 0 aromatic heterocycles.